The molecule has 9 heteroatoms. The van der Waals surface area contributed by atoms with Gasteiger partial charge in [0.1, 0.15) is 11.8 Å². The fourth-order valence-electron chi connectivity index (χ4n) is 3.38. The minimum atomic E-state index is -3.70. The number of carbonyl (C=O) groups excluding carboxylic acids is 1. The number of amides is 1. The molecule has 1 N–H and O–H groups in total. The first-order valence-electron chi connectivity index (χ1n) is 9.66. The number of nitrogens with one attached hydrogen (secondary N) is 1. The van der Waals surface area contributed by atoms with Crippen LogP contribution >= 0.6 is 0 Å². The summed E-state index contributed by atoms with van der Waals surface area (Å²) in [6.07, 6.45) is 1.08. The van der Waals surface area contributed by atoms with Crippen LogP contribution in [0.2, 0.25) is 0 Å². The Morgan fingerprint density at radius 3 is 2.43 bits per heavy atom. The Labute approximate surface area is 177 Å². The highest BCUT2D eigenvalue weighted by atomic mass is 32.2. The summed E-state index contributed by atoms with van der Waals surface area (Å²) < 4.78 is 36.5. The fourth-order valence-corrected chi connectivity index (χ4v) is 4.55. The third-order valence-corrected chi connectivity index (χ3v) is 6.15. The van der Waals surface area contributed by atoms with Crippen molar-refractivity contribution in [2.45, 2.75) is 13.0 Å². The van der Waals surface area contributed by atoms with Gasteiger partial charge in [-0.15, -0.1) is 0 Å². The third-order valence-electron chi connectivity index (χ3n) is 4.91. The van der Waals surface area contributed by atoms with Gasteiger partial charge in [-0.1, -0.05) is 6.07 Å². The van der Waals surface area contributed by atoms with Crippen LogP contribution in [-0.4, -0.2) is 60.0 Å². The van der Waals surface area contributed by atoms with Crippen LogP contribution in [0.1, 0.15) is 6.92 Å². The number of hydrogen-bond donors (Lipinski definition) is 1. The Bertz CT molecular complexity index is 972. The Kier molecular flexibility index (Phi) is 6.84. The molecule has 1 saturated heterocycles. The first-order chi connectivity index (χ1) is 14.3. The quantitative estimate of drug-likeness (QED) is 0.721. The van der Waals surface area contributed by atoms with Gasteiger partial charge in [0.2, 0.25) is 15.9 Å². The van der Waals surface area contributed by atoms with Crippen molar-refractivity contribution >= 4 is 33.0 Å². The summed E-state index contributed by atoms with van der Waals surface area (Å²) >= 11 is 0. The summed E-state index contributed by atoms with van der Waals surface area (Å²) in [5.74, 6) is 0.0785. The molecule has 2 aromatic rings. The van der Waals surface area contributed by atoms with Gasteiger partial charge in [0, 0.05) is 30.5 Å². The Hall–Kier alpha value is -2.78. The summed E-state index contributed by atoms with van der Waals surface area (Å²) in [5, 5.41) is 2.80. The molecule has 1 aliphatic rings. The van der Waals surface area contributed by atoms with E-state index >= 15 is 0 Å². The topological polar surface area (TPSA) is 88.2 Å². The molecule has 0 unspecified atom stereocenters. The monoisotopic (exact) mass is 433 g/mol. The molecule has 8 nitrogen and oxygen atoms in total. The number of carbonyl (C=O) groups is 1. The van der Waals surface area contributed by atoms with Crippen LogP contribution in [-0.2, 0) is 19.6 Å². The highest BCUT2D eigenvalue weighted by Crippen LogP contribution is 2.26. The molecule has 0 aliphatic carbocycles. The molecule has 1 amide bonds. The van der Waals surface area contributed by atoms with Gasteiger partial charge in [-0.2, -0.15) is 0 Å². The maximum absolute atomic E-state index is 12.8. The molecule has 3 rings (SSSR count). The molecule has 0 spiro atoms. The van der Waals surface area contributed by atoms with Gasteiger partial charge in [-0.25, -0.2) is 8.42 Å². The predicted molar refractivity (Wildman–Crippen MR) is 118 cm³/mol. The summed E-state index contributed by atoms with van der Waals surface area (Å²) in [7, 11) is -2.20. The van der Waals surface area contributed by atoms with Gasteiger partial charge in [-0.3, -0.25) is 9.10 Å². The molecule has 0 radical (unpaired) electrons. The number of morpholine rings is 1. The summed E-state index contributed by atoms with van der Waals surface area (Å²) in [6, 6.07) is 13.1. The van der Waals surface area contributed by atoms with Crippen molar-refractivity contribution in [1.82, 2.24) is 0 Å². The number of ether oxygens (including phenoxy) is 2. The molecule has 1 aliphatic heterocycles. The van der Waals surface area contributed by atoms with E-state index in [2.05, 4.69) is 10.2 Å². The number of rotatable bonds is 7. The summed E-state index contributed by atoms with van der Waals surface area (Å²) in [4.78, 5) is 15.1. The minimum Gasteiger partial charge on any atom is -0.497 e. The molecule has 0 saturated carbocycles. The number of hydrogen-bond acceptors (Lipinski definition) is 6. The van der Waals surface area contributed by atoms with Crippen LogP contribution < -0.4 is 19.3 Å². The van der Waals surface area contributed by atoms with E-state index in [1.807, 2.05) is 24.3 Å². The molecule has 2 aromatic carbocycles. The molecule has 0 aromatic heterocycles. The number of anilines is 3. The van der Waals surface area contributed by atoms with Gasteiger partial charge in [0.05, 0.1) is 32.3 Å². The molecule has 1 atom stereocenters. The van der Waals surface area contributed by atoms with Crippen LogP contribution in [0.4, 0.5) is 17.1 Å². The zero-order chi connectivity index (χ0) is 21.7. The second-order valence-corrected chi connectivity index (χ2v) is 8.93. The molecule has 30 heavy (non-hydrogen) atoms. The lowest BCUT2D eigenvalue weighted by Gasteiger charge is -2.29. The lowest BCUT2D eigenvalue weighted by atomic mass is 10.2. The van der Waals surface area contributed by atoms with E-state index in [-0.39, 0.29) is 0 Å². The lowest BCUT2D eigenvalue weighted by Crippen LogP contribution is -2.45. The van der Waals surface area contributed by atoms with Gasteiger partial charge in [0.25, 0.3) is 0 Å². The van der Waals surface area contributed by atoms with Gasteiger partial charge in [0.15, 0.2) is 0 Å². The molecule has 1 fully saturated rings. The number of nitrogens with zero attached hydrogens (tertiary/aromatic N) is 2. The number of benzene rings is 2. The van der Waals surface area contributed by atoms with Crippen molar-refractivity contribution in [3.63, 3.8) is 0 Å². The van der Waals surface area contributed by atoms with E-state index < -0.39 is 22.0 Å². The van der Waals surface area contributed by atoms with E-state index in [0.717, 1.165) is 29.3 Å². The lowest BCUT2D eigenvalue weighted by molar-refractivity contribution is -0.116. The zero-order valence-corrected chi connectivity index (χ0v) is 18.2. The Morgan fingerprint density at radius 1 is 1.17 bits per heavy atom. The van der Waals surface area contributed by atoms with E-state index in [1.165, 1.54) is 7.11 Å². The predicted octanol–water partition coefficient (Wildman–Crippen LogP) is 2.33. The second kappa shape index (κ2) is 9.36. The van der Waals surface area contributed by atoms with Crippen LogP contribution in [0.3, 0.4) is 0 Å². The van der Waals surface area contributed by atoms with E-state index in [0.29, 0.717) is 30.3 Å². The van der Waals surface area contributed by atoms with Gasteiger partial charge >= 0.3 is 0 Å². The first kappa shape index (κ1) is 21.9. The van der Waals surface area contributed by atoms with E-state index in [1.54, 1.807) is 31.2 Å². The third kappa shape index (κ3) is 5.22. The fraction of sp³-hybridized carbons (Fsp3) is 0.381. The van der Waals surface area contributed by atoms with Crippen molar-refractivity contribution < 1.29 is 22.7 Å². The van der Waals surface area contributed by atoms with Crippen LogP contribution in [0.15, 0.2) is 48.5 Å². The van der Waals surface area contributed by atoms with Gasteiger partial charge in [-0.05, 0) is 43.3 Å². The smallest absolute Gasteiger partial charge is 0.247 e. The average Bonchev–Trinajstić information content (AvgIpc) is 2.74. The highest BCUT2D eigenvalue weighted by molar-refractivity contribution is 7.92. The summed E-state index contributed by atoms with van der Waals surface area (Å²) in [6.45, 7) is 4.60. The number of sulfonamides is 1. The van der Waals surface area contributed by atoms with Gasteiger partial charge < -0.3 is 19.7 Å². The van der Waals surface area contributed by atoms with E-state index in [9.17, 15) is 13.2 Å². The molecular formula is C21H27N3O5S. The standard InChI is InChI=1S/C21H27N3O5S/c1-16(24(30(3,26)27)19-5-4-6-20(15-19)28-2)21(25)22-17-7-9-18(10-8-17)23-11-13-29-14-12-23/h4-10,15-16H,11-14H2,1-3H3,(H,22,25)/t16-/m1/s1. The maximum Gasteiger partial charge on any atom is 0.247 e. The van der Waals surface area contributed by atoms with Crippen molar-refractivity contribution in [2.75, 3.05) is 54.2 Å². The van der Waals surface area contributed by atoms with Crippen LogP contribution in [0.25, 0.3) is 0 Å². The van der Waals surface area contributed by atoms with Crippen molar-refractivity contribution in [3.05, 3.63) is 48.5 Å². The zero-order valence-electron chi connectivity index (χ0n) is 17.4. The van der Waals surface area contributed by atoms with Crippen LogP contribution in [0, 0.1) is 0 Å². The first-order valence-corrected chi connectivity index (χ1v) is 11.5. The average molecular weight is 434 g/mol. The van der Waals surface area contributed by atoms with Crippen molar-refractivity contribution in [3.8, 4) is 5.75 Å². The maximum atomic E-state index is 12.8. The largest absolute Gasteiger partial charge is 0.497 e. The Balaban J connectivity index is 1.75. The second-order valence-electron chi connectivity index (χ2n) is 7.07. The van der Waals surface area contributed by atoms with E-state index in [4.69, 9.17) is 9.47 Å². The molecule has 1 heterocycles. The normalized spacial score (nSPS) is 15.4. The molecule has 162 valence electrons. The molecular weight excluding hydrogens is 406 g/mol. The van der Waals surface area contributed by atoms with Crippen LogP contribution in [0.5, 0.6) is 5.75 Å². The van der Waals surface area contributed by atoms with Crippen molar-refractivity contribution in [1.29, 1.82) is 0 Å². The Morgan fingerprint density at radius 2 is 1.83 bits per heavy atom. The molecule has 0 bridgehead atoms. The summed E-state index contributed by atoms with van der Waals surface area (Å²) in [5.41, 5.74) is 2.02. The number of methoxy groups -OCH3 is 1. The minimum absolute atomic E-state index is 0.363. The SMILES string of the molecule is COc1cccc(N([C@H](C)C(=O)Nc2ccc(N3CCOCC3)cc2)S(C)(=O)=O)c1. The highest BCUT2D eigenvalue weighted by Gasteiger charge is 2.29. The van der Waals surface area contributed by atoms with Crippen molar-refractivity contribution in [2.24, 2.45) is 0 Å².